The number of carbonyl (C=O) groups excluding carboxylic acids is 1. The molecule has 1 fully saturated rings. The lowest BCUT2D eigenvalue weighted by molar-refractivity contribution is -0.134. The second-order valence-electron chi connectivity index (χ2n) is 4.64. The van der Waals surface area contributed by atoms with E-state index in [2.05, 4.69) is 16.9 Å². The van der Waals surface area contributed by atoms with Crippen LogP contribution in [0.1, 0.15) is 11.3 Å². The molecule has 1 aliphatic heterocycles. The summed E-state index contributed by atoms with van der Waals surface area (Å²) in [5.74, 6) is 0.195. The number of carbonyl (C=O) groups is 1. The molecule has 2 rings (SSSR count). The van der Waals surface area contributed by atoms with Crippen molar-refractivity contribution in [2.45, 2.75) is 11.8 Å². The van der Waals surface area contributed by atoms with Crippen LogP contribution in [0.15, 0.2) is 11.7 Å². The molecule has 1 aromatic heterocycles. The van der Waals surface area contributed by atoms with Crippen LogP contribution in [-0.2, 0) is 10.2 Å². The molecule has 0 spiro atoms. The minimum absolute atomic E-state index is 0.195. The van der Waals surface area contributed by atoms with E-state index in [1.165, 1.54) is 0 Å². The number of rotatable bonds is 2. The van der Waals surface area contributed by atoms with Gasteiger partial charge >= 0.3 is 0 Å². The maximum Gasteiger partial charge on any atom is 0.234 e. The predicted molar refractivity (Wildman–Crippen MR) is 64.6 cm³/mol. The fraction of sp³-hybridized carbons (Fsp3) is 0.636. The summed E-state index contributed by atoms with van der Waals surface area (Å²) in [6.45, 7) is 1.77. The van der Waals surface area contributed by atoms with Crippen molar-refractivity contribution in [2.24, 2.45) is 0 Å². The molecule has 0 aliphatic carbocycles. The molecule has 1 aliphatic rings. The van der Waals surface area contributed by atoms with Gasteiger partial charge in [-0.25, -0.2) is 0 Å². The zero-order chi connectivity index (χ0) is 11.8. The Labute approximate surface area is 99.9 Å². The summed E-state index contributed by atoms with van der Waals surface area (Å²) in [6, 6.07) is 0. The Morgan fingerprint density at radius 2 is 2.38 bits per heavy atom. The highest BCUT2D eigenvalue weighted by Crippen LogP contribution is 2.37. The first-order chi connectivity index (χ1) is 7.56. The minimum atomic E-state index is -0.362. The zero-order valence-corrected chi connectivity index (χ0v) is 10.8. The molecule has 1 unspecified atom stereocenters. The Bertz CT molecular complexity index is 377. The first-order valence-electron chi connectivity index (χ1n) is 5.35. The highest BCUT2D eigenvalue weighted by molar-refractivity contribution is 7.09. The molecule has 4 nitrogen and oxygen atoms in total. The maximum absolute atomic E-state index is 12.4. The van der Waals surface area contributed by atoms with E-state index in [4.69, 9.17) is 0 Å². The molecule has 16 heavy (non-hydrogen) atoms. The van der Waals surface area contributed by atoms with Crippen molar-refractivity contribution < 1.29 is 4.79 Å². The number of amides is 1. The molecule has 0 bridgehead atoms. The van der Waals surface area contributed by atoms with Crippen LogP contribution in [0.4, 0.5) is 0 Å². The molecule has 88 valence electrons. The van der Waals surface area contributed by atoms with E-state index < -0.39 is 0 Å². The van der Waals surface area contributed by atoms with Gasteiger partial charge in [0.2, 0.25) is 5.91 Å². The van der Waals surface area contributed by atoms with E-state index in [1.807, 2.05) is 20.3 Å². The molecule has 1 amide bonds. The Morgan fingerprint density at radius 3 is 2.81 bits per heavy atom. The van der Waals surface area contributed by atoms with Gasteiger partial charge in [-0.05, 0) is 20.0 Å². The van der Waals surface area contributed by atoms with Crippen LogP contribution in [0.25, 0.3) is 0 Å². The van der Waals surface area contributed by atoms with Crippen LogP contribution < -0.4 is 0 Å². The van der Waals surface area contributed by atoms with Gasteiger partial charge in [0.1, 0.15) is 0 Å². The summed E-state index contributed by atoms with van der Waals surface area (Å²) < 4.78 is 0. The van der Waals surface area contributed by atoms with Crippen LogP contribution >= 0.6 is 11.3 Å². The van der Waals surface area contributed by atoms with E-state index in [-0.39, 0.29) is 11.3 Å². The van der Waals surface area contributed by atoms with Crippen molar-refractivity contribution in [2.75, 3.05) is 34.2 Å². The summed E-state index contributed by atoms with van der Waals surface area (Å²) in [5.41, 5.74) is 1.44. The number of hydrogen-bond donors (Lipinski definition) is 0. The van der Waals surface area contributed by atoms with E-state index in [9.17, 15) is 4.79 Å². The average Bonchev–Trinajstić information content (AvgIpc) is 2.85. The molecule has 1 atom stereocenters. The summed E-state index contributed by atoms with van der Waals surface area (Å²) in [7, 11) is 5.71. The smallest absolute Gasteiger partial charge is 0.234 e. The Hall–Kier alpha value is -0.940. The number of nitrogens with zero attached hydrogens (tertiary/aromatic N) is 3. The normalized spacial score (nSPS) is 25.9. The first kappa shape index (κ1) is 11.5. The van der Waals surface area contributed by atoms with Crippen LogP contribution in [0.5, 0.6) is 0 Å². The minimum Gasteiger partial charge on any atom is -0.348 e. The molecule has 1 aromatic rings. The van der Waals surface area contributed by atoms with Crippen molar-refractivity contribution in [3.8, 4) is 0 Å². The van der Waals surface area contributed by atoms with Gasteiger partial charge in [0.25, 0.3) is 0 Å². The van der Waals surface area contributed by atoms with Crippen molar-refractivity contribution in [1.82, 2.24) is 14.8 Å². The van der Waals surface area contributed by atoms with Crippen LogP contribution in [-0.4, -0.2) is 54.9 Å². The van der Waals surface area contributed by atoms with Crippen LogP contribution in [0.3, 0.4) is 0 Å². The number of hydrogen-bond acceptors (Lipinski definition) is 4. The highest BCUT2D eigenvalue weighted by Gasteiger charge is 2.46. The highest BCUT2D eigenvalue weighted by atomic mass is 32.1. The summed E-state index contributed by atoms with van der Waals surface area (Å²) in [5, 5.41) is 0. The Morgan fingerprint density at radius 1 is 1.62 bits per heavy atom. The molecule has 0 N–H and O–H groups in total. The first-order valence-corrected chi connectivity index (χ1v) is 6.23. The topological polar surface area (TPSA) is 36.4 Å². The van der Waals surface area contributed by atoms with Crippen LogP contribution in [0, 0.1) is 0 Å². The van der Waals surface area contributed by atoms with Gasteiger partial charge in [0.15, 0.2) is 0 Å². The molecule has 5 heteroatoms. The van der Waals surface area contributed by atoms with E-state index in [0.717, 1.165) is 24.4 Å². The Kier molecular flexibility index (Phi) is 2.99. The molecule has 0 radical (unpaired) electrons. The fourth-order valence-corrected chi connectivity index (χ4v) is 3.20. The summed E-state index contributed by atoms with van der Waals surface area (Å²) >= 11 is 1.58. The second kappa shape index (κ2) is 4.14. The Balaban J connectivity index is 2.38. The van der Waals surface area contributed by atoms with Gasteiger partial charge in [-0.1, -0.05) is 0 Å². The van der Waals surface area contributed by atoms with Gasteiger partial charge in [0.05, 0.1) is 10.9 Å². The molecule has 0 saturated carbocycles. The summed E-state index contributed by atoms with van der Waals surface area (Å²) in [4.78, 5) is 21.5. The van der Waals surface area contributed by atoms with Gasteiger partial charge in [-0.15, -0.1) is 11.3 Å². The van der Waals surface area contributed by atoms with Crippen molar-refractivity contribution >= 4 is 17.2 Å². The van der Waals surface area contributed by atoms with Gasteiger partial charge < -0.3 is 9.80 Å². The molecular weight excluding hydrogens is 222 g/mol. The maximum atomic E-state index is 12.4. The number of aromatic nitrogens is 1. The molecule has 2 heterocycles. The lowest BCUT2D eigenvalue weighted by Crippen LogP contribution is -2.45. The number of likely N-dealkylation sites (tertiary alicyclic amines) is 1. The lowest BCUT2D eigenvalue weighted by Gasteiger charge is -2.29. The monoisotopic (exact) mass is 239 g/mol. The van der Waals surface area contributed by atoms with E-state index in [0.29, 0.717) is 0 Å². The number of likely N-dealkylation sites (N-methyl/N-ethyl adjacent to an activating group) is 2. The van der Waals surface area contributed by atoms with Gasteiger partial charge in [-0.3, -0.25) is 9.78 Å². The van der Waals surface area contributed by atoms with E-state index in [1.54, 1.807) is 21.7 Å². The molecular formula is C11H17N3OS. The fourth-order valence-electron chi connectivity index (χ4n) is 2.36. The predicted octanol–water partition coefficient (Wildman–Crippen LogP) is 0.805. The zero-order valence-electron chi connectivity index (χ0n) is 9.93. The standard InChI is InChI=1S/C11H17N3OS/c1-13(2)10(15)11(4-5-14(3)7-11)9-6-12-8-16-9/h6,8H,4-5,7H2,1-3H3. The van der Waals surface area contributed by atoms with Crippen molar-refractivity contribution in [3.63, 3.8) is 0 Å². The van der Waals surface area contributed by atoms with Crippen molar-refractivity contribution in [3.05, 3.63) is 16.6 Å². The third-order valence-corrected chi connectivity index (χ3v) is 4.16. The van der Waals surface area contributed by atoms with Crippen LogP contribution in [0.2, 0.25) is 0 Å². The number of thiazole rings is 1. The molecule has 1 saturated heterocycles. The van der Waals surface area contributed by atoms with E-state index >= 15 is 0 Å². The summed E-state index contributed by atoms with van der Waals surface area (Å²) in [6.07, 6.45) is 2.73. The third kappa shape index (κ3) is 1.74. The van der Waals surface area contributed by atoms with Crippen molar-refractivity contribution in [1.29, 1.82) is 0 Å². The quantitative estimate of drug-likeness (QED) is 0.766. The molecule has 0 aromatic carbocycles. The lowest BCUT2D eigenvalue weighted by atomic mass is 9.84. The average molecular weight is 239 g/mol. The van der Waals surface area contributed by atoms with Gasteiger partial charge in [-0.2, -0.15) is 0 Å². The SMILES string of the molecule is CN1CCC(C(=O)N(C)C)(c2cncs2)C1. The van der Waals surface area contributed by atoms with Gasteiger partial charge in [0, 0.05) is 31.7 Å². The second-order valence-corrected chi connectivity index (χ2v) is 5.52. The largest absolute Gasteiger partial charge is 0.348 e. The third-order valence-electron chi connectivity index (χ3n) is 3.18.